The summed E-state index contributed by atoms with van der Waals surface area (Å²) < 4.78 is 41.3. The highest BCUT2D eigenvalue weighted by Gasteiger charge is 2.28. The van der Waals surface area contributed by atoms with Gasteiger partial charge in [-0.3, -0.25) is 9.89 Å². The zero-order valence-electron chi connectivity index (χ0n) is 12.5. The van der Waals surface area contributed by atoms with E-state index in [9.17, 15) is 13.2 Å². The molecule has 20 heavy (non-hydrogen) atoms. The number of hydrogen-bond acceptors (Lipinski definition) is 3. The fraction of sp³-hybridized carbons (Fsp3) is 0.917. The van der Waals surface area contributed by atoms with Gasteiger partial charge in [0.2, 0.25) is 0 Å². The van der Waals surface area contributed by atoms with Crippen LogP contribution in [0.5, 0.6) is 0 Å². The summed E-state index contributed by atoms with van der Waals surface area (Å²) in [5, 5.41) is 6.17. The number of alkyl halides is 3. The predicted molar refractivity (Wildman–Crippen MR) is 74.0 cm³/mol. The maximum absolute atomic E-state index is 12.1. The van der Waals surface area contributed by atoms with Crippen molar-refractivity contribution in [3.63, 3.8) is 0 Å². The van der Waals surface area contributed by atoms with Gasteiger partial charge in [-0.1, -0.05) is 0 Å². The van der Waals surface area contributed by atoms with Crippen molar-refractivity contribution in [2.75, 3.05) is 47.4 Å². The molecule has 0 aliphatic heterocycles. The Kier molecular flexibility index (Phi) is 9.32. The van der Waals surface area contributed by atoms with E-state index < -0.39 is 12.7 Å². The standard InChI is InChI=1S/C12H25F3N4O/c1-10(8-20-4)18-11(16-2)17-6-5-7-19(3)9-12(13,14)15/h10H,5-9H2,1-4H3,(H2,16,17,18). The topological polar surface area (TPSA) is 48.9 Å². The number of halogens is 3. The van der Waals surface area contributed by atoms with Crippen molar-refractivity contribution in [1.29, 1.82) is 0 Å². The van der Waals surface area contributed by atoms with Crippen LogP contribution in [0, 0.1) is 0 Å². The van der Waals surface area contributed by atoms with Crippen LogP contribution in [0.15, 0.2) is 4.99 Å². The Morgan fingerprint density at radius 2 is 2.05 bits per heavy atom. The molecule has 0 spiro atoms. The van der Waals surface area contributed by atoms with Gasteiger partial charge in [-0.05, 0) is 26.9 Å². The van der Waals surface area contributed by atoms with E-state index in [0.717, 1.165) is 0 Å². The van der Waals surface area contributed by atoms with Crippen LogP contribution in [0.3, 0.4) is 0 Å². The molecule has 0 radical (unpaired) electrons. The number of nitrogens with one attached hydrogen (secondary N) is 2. The maximum Gasteiger partial charge on any atom is 0.401 e. The third kappa shape index (κ3) is 10.9. The van der Waals surface area contributed by atoms with Crippen molar-refractivity contribution >= 4 is 5.96 Å². The largest absolute Gasteiger partial charge is 0.401 e. The van der Waals surface area contributed by atoms with Gasteiger partial charge in [0.05, 0.1) is 13.2 Å². The molecular weight excluding hydrogens is 273 g/mol. The van der Waals surface area contributed by atoms with E-state index in [2.05, 4.69) is 15.6 Å². The average molecular weight is 298 g/mol. The van der Waals surface area contributed by atoms with Crippen LogP contribution >= 0.6 is 0 Å². The summed E-state index contributed by atoms with van der Waals surface area (Å²) >= 11 is 0. The lowest BCUT2D eigenvalue weighted by Gasteiger charge is -2.20. The monoisotopic (exact) mass is 298 g/mol. The van der Waals surface area contributed by atoms with Gasteiger partial charge in [0.15, 0.2) is 5.96 Å². The molecule has 0 fully saturated rings. The zero-order chi connectivity index (χ0) is 15.6. The van der Waals surface area contributed by atoms with Gasteiger partial charge >= 0.3 is 6.18 Å². The molecule has 1 unspecified atom stereocenters. The van der Waals surface area contributed by atoms with Crippen LogP contribution in [-0.2, 0) is 4.74 Å². The van der Waals surface area contributed by atoms with Crippen molar-refractivity contribution in [3.05, 3.63) is 0 Å². The summed E-state index contributed by atoms with van der Waals surface area (Å²) in [7, 11) is 4.72. The Labute approximate surface area is 118 Å². The van der Waals surface area contributed by atoms with Gasteiger partial charge in [0.25, 0.3) is 0 Å². The van der Waals surface area contributed by atoms with Gasteiger partial charge in [-0.2, -0.15) is 13.2 Å². The molecule has 0 aliphatic carbocycles. The lowest BCUT2D eigenvalue weighted by molar-refractivity contribution is -0.143. The van der Waals surface area contributed by atoms with Gasteiger partial charge in [0, 0.05) is 26.7 Å². The molecule has 2 N–H and O–H groups in total. The number of rotatable bonds is 8. The van der Waals surface area contributed by atoms with Gasteiger partial charge in [-0.25, -0.2) is 0 Å². The highest BCUT2D eigenvalue weighted by Crippen LogP contribution is 2.15. The molecule has 0 saturated heterocycles. The number of guanidine groups is 1. The van der Waals surface area contributed by atoms with E-state index >= 15 is 0 Å². The highest BCUT2D eigenvalue weighted by atomic mass is 19.4. The molecular formula is C12H25F3N4O. The van der Waals surface area contributed by atoms with Gasteiger partial charge < -0.3 is 15.4 Å². The van der Waals surface area contributed by atoms with E-state index in [1.54, 1.807) is 14.2 Å². The average Bonchev–Trinajstić information content (AvgIpc) is 2.31. The Morgan fingerprint density at radius 3 is 2.55 bits per heavy atom. The molecule has 0 amide bonds. The summed E-state index contributed by atoms with van der Waals surface area (Å²) in [6, 6.07) is 0.110. The molecule has 0 saturated carbocycles. The molecule has 0 heterocycles. The second-order valence-corrected chi connectivity index (χ2v) is 4.71. The molecule has 0 aromatic rings. The normalized spacial score (nSPS) is 14.5. The summed E-state index contributed by atoms with van der Waals surface area (Å²) in [4.78, 5) is 5.29. The van der Waals surface area contributed by atoms with Crippen molar-refractivity contribution in [2.24, 2.45) is 4.99 Å². The first-order valence-electron chi connectivity index (χ1n) is 6.50. The van der Waals surface area contributed by atoms with Crippen LogP contribution < -0.4 is 10.6 Å². The Balaban J connectivity index is 3.81. The smallest absolute Gasteiger partial charge is 0.383 e. The number of ether oxygens (including phenoxy) is 1. The Bertz CT molecular complexity index is 284. The molecule has 5 nitrogen and oxygen atoms in total. The summed E-state index contributed by atoms with van der Waals surface area (Å²) in [6.07, 6.45) is -3.54. The van der Waals surface area contributed by atoms with E-state index in [4.69, 9.17) is 4.74 Å². The van der Waals surface area contributed by atoms with E-state index in [0.29, 0.717) is 32.1 Å². The number of hydrogen-bond donors (Lipinski definition) is 2. The molecule has 1 atom stereocenters. The van der Waals surface area contributed by atoms with Crippen LogP contribution in [0.4, 0.5) is 13.2 Å². The first-order chi connectivity index (χ1) is 9.28. The third-order valence-corrected chi connectivity index (χ3v) is 2.48. The molecule has 0 rings (SSSR count). The van der Waals surface area contributed by atoms with Gasteiger partial charge in [0.1, 0.15) is 0 Å². The van der Waals surface area contributed by atoms with Crippen LogP contribution in [-0.4, -0.2) is 70.5 Å². The number of methoxy groups -OCH3 is 1. The molecule has 0 aliphatic rings. The first kappa shape index (κ1) is 19.0. The van der Waals surface area contributed by atoms with Crippen molar-refractivity contribution < 1.29 is 17.9 Å². The highest BCUT2D eigenvalue weighted by molar-refractivity contribution is 5.79. The molecule has 0 aromatic carbocycles. The zero-order valence-corrected chi connectivity index (χ0v) is 12.5. The molecule has 0 aromatic heterocycles. The lowest BCUT2D eigenvalue weighted by Crippen LogP contribution is -2.44. The van der Waals surface area contributed by atoms with Crippen molar-refractivity contribution in [1.82, 2.24) is 15.5 Å². The minimum Gasteiger partial charge on any atom is -0.383 e. The molecule has 0 bridgehead atoms. The predicted octanol–water partition coefficient (Wildman–Crippen LogP) is 1.07. The number of aliphatic imine (C=N–C) groups is 1. The Hall–Kier alpha value is -1.02. The third-order valence-electron chi connectivity index (χ3n) is 2.48. The second-order valence-electron chi connectivity index (χ2n) is 4.71. The lowest BCUT2D eigenvalue weighted by atomic mass is 10.3. The second kappa shape index (κ2) is 9.82. The van der Waals surface area contributed by atoms with E-state index in [-0.39, 0.29) is 6.04 Å². The summed E-state index contributed by atoms with van der Waals surface area (Å²) in [6.45, 7) is 2.55. The van der Waals surface area contributed by atoms with Crippen LogP contribution in [0.25, 0.3) is 0 Å². The Morgan fingerprint density at radius 1 is 1.40 bits per heavy atom. The van der Waals surface area contributed by atoms with Crippen LogP contribution in [0.2, 0.25) is 0 Å². The van der Waals surface area contributed by atoms with Crippen LogP contribution in [0.1, 0.15) is 13.3 Å². The van der Waals surface area contributed by atoms with Gasteiger partial charge in [-0.15, -0.1) is 0 Å². The van der Waals surface area contributed by atoms with E-state index in [1.165, 1.54) is 11.9 Å². The fourth-order valence-corrected chi connectivity index (χ4v) is 1.66. The van der Waals surface area contributed by atoms with Crippen molar-refractivity contribution in [3.8, 4) is 0 Å². The van der Waals surface area contributed by atoms with E-state index in [1.807, 2.05) is 6.92 Å². The quantitative estimate of drug-likeness (QED) is 0.400. The minimum absolute atomic E-state index is 0.110. The molecule has 8 heteroatoms. The molecule has 120 valence electrons. The first-order valence-corrected chi connectivity index (χ1v) is 6.50. The SMILES string of the molecule is CN=C(NCCCN(C)CC(F)(F)F)NC(C)COC. The minimum atomic E-state index is -4.14. The number of nitrogens with zero attached hydrogens (tertiary/aromatic N) is 2. The summed E-state index contributed by atoms with van der Waals surface area (Å²) in [5.74, 6) is 0.619. The maximum atomic E-state index is 12.1. The van der Waals surface area contributed by atoms with Crippen molar-refractivity contribution in [2.45, 2.75) is 25.6 Å². The fourth-order valence-electron chi connectivity index (χ4n) is 1.66. The summed E-state index contributed by atoms with van der Waals surface area (Å²) in [5.41, 5.74) is 0.